The largest absolute Gasteiger partial charge is 0.351 e. The van der Waals surface area contributed by atoms with Crippen LogP contribution in [0.5, 0.6) is 0 Å². The quantitative estimate of drug-likeness (QED) is 0.612. The summed E-state index contributed by atoms with van der Waals surface area (Å²) in [6.07, 6.45) is 6.00. The smallest absolute Gasteiger partial charge is 0.243 e. The molecule has 1 fully saturated rings. The first-order valence-electron chi connectivity index (χ1n) is 10.1. The minimum Gasteiger partial charge on any atom is -0.351 e. The summed E-state index contributed by atoms with van der Waals surface area (Å²) in [5.74, 6) is -0.229. The number of sulfonamides is 1. The van der Waals surface area contributed by atoms with E-state index in [-0.39, 0.29) is 23.9 Å². The average Bonchev–Trinajstić information content (AvgIpc) is 3.30. The number of hydrogen-bond acceptors (Lipinski definition) is 6. The second kappa shape index (κ2) is 9.09. The Kier molecular flexibility index (Phi) is 6.24. The van der Waals surface area contributed by atoms with Crippen LogP contribution in [0, 0.1) is 12.7 Å². The van der Waals surface area contributed by atoms with E-state index >= 15 is 0 Å². The van der Waals surface area contributed by atoms with Gasteiger partial charge < -0.3 is 5.32 Å². The van der Waals surface area contributed by atoms with Gasteiger partial charge >= 0.3 is 0 Å². The van der Waals surface area contributed by atoms with Crippen molar-refractivity contribution >= 4 is 15.9 Å². The number of rotatable bonds is 6. The number of carbonyl (C=O) groups is 1. The van der Waals surface area contributed by atoms with Crippen LogP contribution in [0.4, 0.5) is 4.39 Å². The molecular formula is C22H22FN5O3S. The Balaban J connectivity index is 1.45. The SMILES string of the molecule is Cc1ncc(-c2cc(CNC(=O)[C@@H]3CCCN3S(=O)(=O)c3ccc(F)cc3)ccn2)cn1. The summed E-state index contributed by atoms with van der Waals surface area (Å²) in [7, 11) is -3.90. The van der Waals surface area contributed by atoms with E-state index in [1.54, 1.807) is 31.6 Å². The predicted octanol–water partition coefficient (Wildman–Crippen LogP) is 2.46. The van der Waals surface area contributed by atoms with Crippen LogP contribution in [-0.4, -0.2) is 46.2 Å². The number of benzene rings is 1. The Morgan fingerprint density at radius 1 is 1.16 bits per heavy atom. The van der Waals surface area contributed by atoms with Crippen molar-refractivity contribution in [1.82, 2.24) is 24.6 Å². The number of aromatic nitrogens is 3. The highest BCUT2D eigenvalue weighted by atomic mass is 32.2. The molecule has 3 heterocycles. The Labute approximate surface area is 185 Å². The maximum absolute atomic E-state index is 13.2. The number of nitrogens with one attached hydrogen (secondary N) is 1. The minimum atomic E-state index is -3.90. The van der Waals surface area contributed by atoms with Gasteiger partial charge in [-0.2, -0.15) is 4.31 Å². The fourth-order valence-electron chi connectivity index (χ4n) is 3.61. The van der Waals surface area contributed by atoms with Crippen molar-refractivity contribution in [3.8, 4) is 11.3 Å². The third-order valence-corrected chi connectivity index (χ3v) is 7.22. The standard InChI is InChI=1S/C22H22FN5O3S/c1-15-25-13-17(14-26-15)20-11-16(8-9-24-20)12-27-22(29)21-3-2-10-28(21)32(30,31)19-6-4-18(23)5-7-19/h4-9,11,13-14,21H,2-3,10,12H2,1H3,(H,27,29)/t21-/m0/s1. The molecule has 1 aliphatic heterocycles. The lowest BCUT2D eigenvalue weighted by Crippen LogP contribution is -2.45. The zero-order valence-electron chi connectivity index (χ0n) is 17.4. The van der Waals surface area contributed by atoms with Crippen molar-refractivity contribution in [2.45, 2.75) is 37.2 Å². The number of carbonyl (C=O) groups excluding carboxylic acids is 1. The molecule has 8 nitrogen and oxygen atoms in total. The van der Waals surface area contributed by atoms with Crippen molar-refractivity contribution in [2.75, 3.05) is 6.54 Å². The molecule has 1 N–H and O–H groups in total. The molecule has 3 aromatic rings. The van der Waals surface area contributed by atoms with E-state index in [4.69, 9.17) is 0 Å². The first-order valence-corrected chi connectivity index (χ1v) is 11.6. The minimum absolute atomic E-state index is 0.0299. The van der Waals surface area contributed by atoms with Gasteiger partial charge in [-0.15, -0.1) is 0 Å². The van der Waals surface area contributed by atoms with Crippen LogP contribution in [0.1, 0.15) is 24.2 Å². The summed E-state index contributed by atoms with van der Waals surface area (Å²) in [6.45, 7) is 2.26. The first kappa shape index (κ1) is 22.0. The summed E-state index contributed by atoms with van der Waals surface area (Å²) in [5.41, 5.74) is 2.25. The summed E-state index contributed by atoms with van der Waals surface area (Å²) in [4.78, 5) is 25.5. The first-order chi connectivity index (χ1) is 15.3. The molecule has 0 unspecified atom stereocenters. The molecule has 0 saturated carbocycles. The maximum Gasteiger partial charge on any atom is 0.243 e. The highest BCUT2D eigenvalue weighted by Gasteiger charge is 2.39. The van der Waals surface area contributed by atoms with E-state index in [1.807, 2.05) is 6.07 Å². The Morgan fingerprint density at radius 3 is 2.59 bits per heavy atom. The zero-order chi connectivity index (χ0) is 22.7. The molecule has 0 radical (unpaired) electrons. The van der Waals surface area contributed by atoms with Gasteiger partial charge in [-0.3, -0.25) is 9.78 Å². The van der Waals surface area contributed by atoms with Gasteiger partial charge in [0.2, 0.25) is 15.9 Å². The van der Waals surface area contributed by atoms with E-state index < -0.39 is 21.9 Å². The molecule has 166 valence electrons. The van der Waals surface area contributed by atoms with Crippen molar-refractivity contribution in [3.05, 3.63) is 72.2 Å². The Hall–Kier alpha value is -3.24. The van der Waals surface area contributed by atoms with Gasteiger partial charge in [-0.25, -0.2) is 22.8 Å². The second-order valence-electron chi connectivity index (χ2n) is 7.51. The van der Waals surface area contributed by atoms with E-state index in [2.05, 4.69) is 20.3 Å². The van der Waals surface area contributed by atoms with Gasteiger partial charge in [-0.05, 0) is 61.7 Å². The third kappa shape index (κ3) is 4.66. The lowest BCUT2D eigenvalue weighted by atomic mass is 10.1. The Morgan fingerprint density at radius 2 is 1.88 bits per heavy atom. The molecule has 4 rings (SSSR count). The summed E-state index contributed by atoms with van der Waals surface area (Å²) >= 11 is 0. The van der Waals surface area contributed by atoms with E-state index in [9.17, 15) is 17.6 Å². The monoisotopic (exact) mass is 455 g/mol. The van der Waals surface area contributed by atoms with Crippen LogP contribution in [0.15, 0.2) is 59.9 Å². The van der Waals surface area contributed by atoms with Crippen LogP contribution < -0.4 is 5.32 Å². The molecule has 0 aliphatic carbocycles. The molecule has 32 heavy (non-hydrogen) atoms. The summed E-state index contributed by atoms with van der Waals surface area (Å²) in [6, 6.07) is 7.42. The molecule has 2 aromatic heterocycles. The fraction of sp³-hybridized carbons (Fsp3) is 0.273. The molecule has 0 bridgehead atoms. The third-order valence-electron chi connectivity index (χ3n) is 5.29. The van der Waals surface area contributed by atoms with Crippen molar-refractivity contribution in [3.63, 3.8) is 0 Å². The lowest BCUT2D eigenvalue weighted by Gasteiger charge is -2.23. The van der Waals surface area contributed by atoms with Gasteiger partial charge in [0.05, 0.1) is 10.6 Å². The zero-order valence-corrected chi connectivity index (χ0v) is 18.2. The number of aryl methyl sites for hydroxylation is 1. The highest BCUT2D eigenvalue weighted by molar-refractivity contribution is 7.89. The van der Waals surface area contributed by atoms with E-state index in [0.717, 1.165) is 23.3 Å². The summed E-state index contributed by atoms with van der Waals surface area (Å²) < 4.78 is 40.3. The molecule has 1 aliphatic rings. The molecule has 10 heteroatoms. The maximum atomic E-state index is 13.2. The number of halogens is 1. The van der Waals surface area contributed by atoms with Gasteiger partial charge in [-0.1, -0.05) is 0 Å². The van der Waals surface area contributed by atoms with Crippen LogP contribution in [-0.2, 0) is 21.4 Å². The van der Waals surface area contributed by atoms with Crippen LogP contribution in [0.3, 0.4) is 0 Å². The molecule has 1 aromatic carbocycles. The van der Waals surface area contributed by atoms with E-state index in [0.29, 0.717) is 24.4 Å². The summed E-state index contributed by atoms with van der Waals surface area (Å²) in [5, 5.41) is 2.83. The number of nitrogens with zero attached hydrogens (tertiary/aromatic N) is 4. The normalized spacial score (nSPS) is 16.8. The van der Waals surface area contributed by atoms with Crippen molar-refractivity contribution < 1.29 is 17.6 Å². The number of pyridine rings is 1. The number of hydrogen-bond donors (Lipinski definition) is 1. The predicted molar refractivity (Wildman–Crippen MR) is 115 cm³/mol. The van der Waals surface area contributed by atoms with Gasteiger partial charge in [0, 0.05) is 37.2 Å². The van der Waals surface area contributed by atoms with Gasteiger partial charge in [0.25, 0.3) is 0 Å². The van der Waals surface area contributed by atoms with Crippen LogP contribution in [0.2, 0.25) is 0 Å². The topological polar surface area (TPSA) is 105 Å². The molecule has 1 saturated heterocycles. The molecule has 0 spiro atoms. The number of amides is 1. The van der Waals surface area contributed by atoms with E-state index in [1.165, 1.54) is 16.4 Å². The van der Waals surface area contributed by atoms with Crippen LogP contribution >= 0.6 is 0 Å². The molecule has 1 amide bonds. The van der Waals surface area contributed by atoms with Crippen molar-refractivity contribution in [2.24, 2.45) is 0 Å². The van der Waals surface area contributed by atoms with Crippen molar-refractivity contribution in [1.29, 1.82) is 0 Å². The highest BCUT2D eigenvalue weighted by Crippen LogP contribution is 2.26. The molecule has 1 atom stereocenters. The molecular weight excluding hydrogens is 433 g/mol. The fourth-order valence-corrected chi connectivity index (χ4v) is 5.26. The second-order valence-corrected chi connectivity index (χ2v) is 9.40. The average molecular weight is 456 g/mol. The van der Waals surface area contributed by atoms with Gasteiger partial charge in [0.1, 0.15) is 17.7 Å². The Bertz CT molecular complexity index is 1220. The lowest BCUT2D eigenvalue weighted by molar-refractivity contribution is -0.124. The van der Waals surface area contributed by atoms with Gasteiger partial charge in [0.15, 0.2) is 0 Å². The van der Waals surface area contributed by atoms with Crippen LogP contribution in [0.25, 0.3) is 11.3 Å².